The van der Waals surface area contributed by atoms with Gasteiger partial charge in [0.25, 0.3) is 0 Å². The normalized spacial score (nSPS) is 19.0. The van der Waals surface area contributed by atoms with Crippen LogP contribution in [0.25, 0.3) is 0 Å². The van der Waals surface area contributed by atoms with E-state index in [9.17, 15) is 9.65 Å². The van der Waals surface area contributed by atoms with Gasteiger partial charge in [-0.1, -0.05) is 18.2 Å². The molecule has 0 saturated carbocycles. The van der Waals surface area contributed by atoms with Crippen molar-refractivity contribution in [1.82, 2.24) is 9.97 Å². The number of hydrogen-bond acceptors (Lipinski definition) is 2. The molecule has 4 heteroatoms. The van der Waals surface area contributed by atoms with Crippen LogP contribution in [0.2, 0.25) is 0 Å². The Morgan fingerprint density at radius 2 is 2.04 bits per heavy atom. The molecule has 130 valence electrons. The molecular weight excluding hydrogens is 325 g/mol. The first-order valence-electron chi connectivity index (χ1n) is 8.93. The Labute approximate surface area is 152 Å². The highest BCUT2D eigenvalue weighted by Gasteiger charge is 2.31. The molecule has 1 aliphatic carbocycles. The van der Waals surface area contributed by atoms with Gasteiger partial charge in [0.1, 0.15) is 11.6 Å². The van der Waals surface area contributed by atoms with Crippen LogP contribution < -0.4 is 0 Å². The summed E-state index contributed by atoms with van der Waals surface area (Å²) in [6, 6.07) is 15.1. The van der Waals surface area contributed by atoms with E-state index in [1.807, 2.05) is 37.4 Å². The summed E-state index contributed by atoms with van der Waals surface area (Å²) in [7, 11) is 0. The Balaban J connectivity index is 1.75. The van der Waals surface area contributed by atoms with Gasteiger partial charge in [-0.05, 0) is 72.6 Å². The fourth-order valence-corrected chi connectivity index (χ4v) is 4.12. The number of nitrogens with one attached hydrogen (secondary N) is 1. The number of aryl methyl sites for hydroxylation is 2. The SMILES string of the molecule is Cc1cnc(CC2c3ccc(C#N)cc3CC[C@@H]2c2ccc(F)cc2)[nH]1. The zero-order valence-corrected chi connectivity index (χ0v) is 14.7. The van der Waals surface area contributed by atoms with Crippen molar-refractivity contribution >= 4 is 0 Å². The smallest absolute Gasteiger partial charge is 0.123 e. The summed E-state index contributed by atoms with van der Waals surface area (Å²) in [5.41, 5.74) is 5.44. The molecule has 0 radical (unpaired) electrons. The second-order valence-electron chi connectivity index (χ2n) is 7.05. The minimum absolute atomic E-state index is 0.207. The number of nitrogens with zero attached hydrogens (tertiary/aromatic N) is 2. The quantitative estimate of drug-likeness (QED) is 0.742. The van der Waals surface area contributed by atoms with Crippen molar-refractivity contribution in [1.29, 1.82) is 5.26 Å². The molecule has 0 fully saturated rings. The molecule has 1 unspecified atom stereocenters. The van der Waals surface area contributed by atoms with E-state index in [0.29, 0.717) is 11.5 Å². The van der Waals surface area contributed by atoms with Gasteiger partial charge in [-0.2, -0.15) is 5.26 Å². The fourth-order valence-electron chi connectivity index (χ4n) is 4.12. The summed E-state index contributed by atoms with van der Waals surface area (Å²) in [4.78, 5) is 7.83. The molecule has 0 spiro atoms. The van der Waals surface area contributed by atoms with E-state index in [-0.39, 0.29) is 11.7 Å². The maximum atomic E-state index is 13.4. The molecule has 1 aromatic heterocycles. The molecule has 4 rings (SSSR count). The van der Waals surface area contributed by atoms with Gasteiger partial charge in [-0.25, -0.2) is 9.37 Å². The number of aromatic nitrogens is 2. The van der Waals surface area contributed by atoms with Gasteiger partial charge >= 0.3 is 0 Å². The van der Waals surface area contributed by atoms with E-state index in [0.717, 1.165) is 36.3 Å². The Morgan fingerprint density at radius 3 is 2.73 bits per heavy atom. The second-order valence-corrected chi connectivity index (χ2v) is 7.05. The van der Waals surface area contributed by atoms with Crippen LogP contribution in [0.3, 0.4) is 0 Å². The van der Waals surface area contributed by atoms with Crippen LogP contribution in [-0.2, 0) is 12.8 Å². The number of benzene rings is 2. The average molecular weight is 345 g/mol. The van der Waals surface area contributed by atoms with Gasteiger partial charge < -0.3 is 4.98 Å². The van der Waals surface area contributed by atoms with Crippen LogP contribution in [0.1, 0.15) is 52.0 Å². The predicted octanol–water partition coefficient (Wildman–Crippen LogP) is 4.79. The second kappa shape index (κ2) is 6.76. The molecule has 0 amide bonds. The van der Waals surface area contributed by atoms with Crippen molar-refractivity contribution in [3.8, 4) is 6.07 Å². The summed E-state index contributed by atoms with van der Waals surface area (Å²) < 4.78 is 13.4. The number of imidazole rings is 1. The number of aromatic amines is 1. The van der Waals surface area contributed by atoms with Crippen molar-refractivity contribution in [2.24, 2.45) is 0 Å². The van der Waals surface area contributed by atoms with Crippen LogP contribution >= 0.6 is 0 Å². The summed E-state index contributed by atoms with van der Waals surface area (Å²) >= 11 is 0. The lowest BCUT2D eigenvalue weighted by molar-refractivity contribution is 0.464. The number of rotatable bonds is 3. The van der Waals surface area contributed by atoms with Gasteiger partial charge in [0.15, 0.2) is 0 Å². The highest BCUT2D eigenvalue weighted by molar-refractivity contribution is 5.44. The summed E-state index contributed by atoms with van der Waals surface area (Å²) in [6.45, 7) is 2.00. The fraction of sp³-hybridized carbons (Fsp3) is 0.273. The molecule has 1 aliphatic rings. The predicted molar refractivity (Wildman–Crippen MR) is 98.4 cm³/mol. The van der Waals surface area contributed by atoms with Crippen molar-refractivity contribution in [3.05, 3.63) is 88.3 Å². The number of nitriles is 1. The first-order chi connectivity index (χ1) is 12.6. The van der Waals surface area contributed by atoms with Crippen molar-refractivity contribution in [2.45, 2.75) is 38.0 Å². The van der Waals surface area contributed by atoms with E-state index in [1.165, 1.54) is 23.3 Å². The standard InChI is InChI=1S/C22H20FN3/c1-14-13-25-22(26-14)11-21-19(16-3-6-18(23)7-4-16)9-5-17-10-15(12-24)2-8-20(17)21/h2-4,6-8,10,13,19,21H,5,9,11H2,1H3,(H,25,26)/t19-,21?/m1/s1. The van der Waals surface area contributed by atoms with Crippen LogP contribution in [0.15, 0.2) is 48.7 Å². The van der Waals surface area contributed by atoms with Gasteiger partial charge in [-0.3, -0.25) is 0 Å². The Hall–Kier alpha value is -2.93. The Morgan fingerprint density at radius 1 is 1.23 bits per heavy atom. The largest absolute Gasteiger partial charge is 0.346 e. The van der Waals surface area contributed by atoms with Crippen molar-refractivity contribution < 1.29 is 4.39 Å². The van der Waals surface area contributed by atoms with E-state index in [1.54, 1.807) is 0 Å². The molecule has 26 heavy (non-hydrogen) atoms. The van der Waals surface area contributed by atoms with Crippen LogP contribution in [0.5, 0.6) is 0 Å². The zero-order valence-electron chi connectivity index (χ0n) is 14.7. The third-order valence-corrected chi connectivity index (χ3v) is 5.35. The molecule has 3 nitrogen and oxygen atoms in total. The lowest BCUT2D eigenvalue weighted by Crippen LogP contribution is -2.22. The summed E-state index contributed by atoms with van der Waals surface area (Å²) in [5.74, 6) is 1.32. The Bertz CT molecular complexity index is 966. The van der Waals surface area contributed by atoms with Gasteiger partial charge in [0.05, 0.1) is 11.6 Å². The van der Waals surface area contributed by atoms with Crippen molar-refractivity contribution in [2.75, 3.05) is 0 Å². The molecular formula is C22H20FN3. The topological polar surface area (TPSA) is 52.5 Å². The minimum atomic E-state index is -0.207. The van der Waals surface area contributed by atoms with Gasteiger partial charge in [0, 0.05) is 18.3 Å². The highest BCUT2D eigenvalue weighted by Crippen LogP contribution is 2.44. The summed E-state index contributed by atoms with van der Waals surface area (Å²) in [5, 5.41) is 9.20. The number of halogens is 1. The lowest BCUT2D eigenvalue weighted by atomic mass is 9.70. The number of fused-ring (bicyclic) bond motifs is 1. The molecule has 0 aliphatic heterocycles. The van der Waals surface area contributed by atoms with Gasteiger partial charge in [-0.15, -0.1) is 0 Å². The van der Waals surface area contributed by atoms with E-state index < -0.39 is 0 Å². The zero-order chi connectivity index (χ0) is 18.1. The van der Waals surface area contributed by atoms with E-state index in [2.05, 4.69) is 22.1 Å². The molecule has 3 aromatic rings. The first-order valence-corrected chi connectivity index (χ1v) is 8.93. The molecule has 2 aromatic carbocycles. The summed E-state index contributed by atoms with van der Waals surface area (Å²) in [6.07, 6.45) is 4.57. The molecule has 1 heterocycles. The van der Waals surface area contributed by atoms with Crippen LogP contribution in [-0.4, -0.2) is 9.97 Å². The van der Waals surface area contributed by atoms with Gasteiger partial charge in [0.2, 0.25) is 0 Å². The first kappa shape index (κ1) is 16.5. The maximum absolute atomic E-state index is 13.4. The third-order valence-electron chi connectivity index (χ3n) is 5.35. The van der Waals surface area contributed by atoms with E-state index in [4.69, 9.17) is 0 Å². The number of hydrogen-bond donors (Lipinski definition) is 1. The molecule has 2 atom stereocenters. The molecule has 0 saturated heterocycles. The lowest BCUT2D eigenvalue weighted by Gasteiger charge is -2.34. The molecule has 1 N–H and O–H groups in total. The monoisotopic (exact) mass is 345 g/mol. The number of H-pyrrole nitrogens is 1. The Kier molecular flexibility index (Phi) is 4.30. The van der Waals surface area contributed by atoms with Crippen molar-refractivity contribution in [3.63, 3.8) is 0 Å². The van der Waals surface area contributed by atoms with Crippen LogP contribution in [0, 0.1) is 24.1 Å². The highest BCUT2D eigenvalue weighted by atomic mass is 19.1. The minimum Gasteiger partial charge on any atom is -0.346 e. The average Bonchev–Trinajstić information content (AvgIpc) is 3.07. The third kappa shape index (κ3) is 3.13. The van der Waals surface area contributed by atoms with Crippen LogP contribution in [0.4, 0.5) is 4.39 Å². The molecule has 0 bridgehead atoms. The maximum Gasteiger partial charge on any atom is 0.123 e. The van der Waals surface area contributed by atoms with E-state index >= 15 is 0 Å².